The van der Waals surface area contributed by atoms with Gasteiger partial charge in [-0.15, -0.1) is 0 Å². The fraction of sp³-hybridized carbons (Fsp3) is 0.462. The molecule has 2 atom stereocenters. The number of hydrogen-bond donors (Lipinski definition) is 1. The Balaban J connectivity index is 2.07. The molecule has 0 unspecified atom stereocenters. The quantitative estimate of drug-likeness (QED) is 0.591. The maximum absolute atomic E-state index is 12.0. The van der Waals surface area contributed by atoms with Crippen molar-refractivity contribution in [1.82, 2.24) is 5.32 Å². The first-order valence-electron chi connectivity index (χ1n) is 5.35. The lowest BCUT2D eigenvalue weighted by molar-refractivity contribution is 0.0983. The van der Waals surface area contributed by atoms with E-state index in [0.717, 1.165) is 5.56 Å². The van der Waals surface area contributed by atoms with Gasteiger partial charge in [0, 0.05) is 11.6 Å². The van der Waals surface area contributed by atoms with E-state index in [1.165, 1.54) is 0 Å². The molecule has 0 radical (unpaired) electrons. The van der Waals surface area contributed by atoms with E-state index in [9.17, 15) is 4.79 Å². The Kier molecular flexibility index (Phi) is 2.39. The summed E-state index contributed by atoms with van der Waals surface area (Å²) in [6, 6.07) is 9.84. The van der Waals surface area contributed by atoms with Crippen LogP contribution in [0.3, 0.4) is 0 Å². The molecule has 0 bridgehead atoms. The Morgan fingerprint density at radius 1 is 1.20 bits per heavy atom. The van der Waals surface area contributed by atoms with E-state index in [1.54, 1.807) is 0 Å². The van der Waals surface area contributed by atoms with E-state index in [2.05, 4.69) is 26.1 Å². The zero-order valence-electron chi connectivity index (χ0n) is 9.45. The van der Waals surface area contributed by atoms with Crippen LogP contribution in [0.15, 0.2) is 30.3 Å². The normalized spacial score (nSPS) is 25.0. The molecular formula is C13H17NO. The highest BCUT2D eigenvalue weighted by Gasteiger charge is 2.48. The summed E-state index contributed by atoms with van der Waals surface area (Å²) in [4.78, 5) is 12.0. The van der Waals surface area contributed by atoms with E-state index in [0.29, 0.717) is 6.04 Å². The minimum atomic E-state index is 0.0207. The van der Waals surface area contributed by atoms with Crippen molar-refractivity contribution in [3.63, 3.8) is 0 Å². The van der Waals surface area contributed by atoms with Gasteiger partial charge in [-0.05, 0) is 5.41 Å². The van der Waals surface area contributed by atoms with Gasteiger partial charge in [-0.3, -0.25) is 4.79 Å². The molecule has 1 aliphatic rings. The molecule has 2 heteroatoms. The van der Waals surface area contributed by atoms with E-state index >= 15 is 0 Å². The molecule has 80 valence electrons. The smallest absolute Gasteiger partial charge is 0.181 e. The van der Waals surface area contributed by atoms with E-state index in [-0.39, 0.29) is 17.2 Å². The maximum atomic E-state index is 12.0. The largest absolute Gasteiger partial charge is 0.300 e. The van der Waals surface area contributed by atoms with Crippen molar-refractivity contribution in [2.45, 2.75) is 32.9 Å². The van der Waals surface area contributed by atoms with E-state index in [4.69, 9.17) is 0 Å². The first kappa shape index (κ1) is 10.4. The van der Waals surface area contributed by atoms with Crippen molar-refractivity contribution >= 4 is 5.78 Å². The highest BCUT2D eigenvalue weighted by Crippen LogP contribution is 2.32. The second-order valence-electron chi connectivity index (χ2n) is 5.22. The maximum Gasteiger partial charge on any atom is 0.181 e. The monoisotopic (exact) mass is 203 g/mol. The van der Waals surface area contributed by atoms with Crippen molar-refractivity contribution in [3.8, 4) is 0 Å². The van der Waals surface area contributed by atoms with Gasteiger partial charge in [0.15, 0.2) is 5.78 Å². The first-order chi connectivity index (χ1) is 7.00. The van der Waals surface area contributed by atoms with Gasteiger partial charge in [-0.25, -0.2) is 0 Å². The molecule has 1 N–H and O–H groups in total. The fourth-order valence-electron chi connectivity index (χ4n) is 1.90. The number of carbonyl (C=O) groups excluding carboxylic acids is 1. The molecule has 0 amide bonds. The molecule has 0 saturated carbocycles. The summed E-state index contributed by atoms with van der Waals surface area (Å²) < 4.78 is 0. The molecule has 2 rings (SSSR count). The fourth-order valence-corrected chi connectivity index (χ4v) is 1.90. The molecule has 1 fully saturated rings. The molecule has 1 saturated heterocycles. The minimum absolute atomic E-state index is 0.0207. The highest BCUT2D eigenvalue weighted by molar-refractivity contribution is 6.02. The zero-order chi connectivity index (χ0) is 11.1. The third-order valence-corrected chi connectivity index (χ3v) is 2.86. The number of ketones is 1. The van der Waals surface area contributed by atoms with E-state index in [1.807, 2.05) is 30.3 Å². The van der Waals surface area contributed by atoms with Crippen LogP contribution in [0.2, 0.25) is 0 Å². The van der Waals surface area contributed by atoms with Crippen LogP contribution in [-0.2, 0) is 0 Å². The lowest BCUT2D eigenvalue weighted by Crippen LogP contribution is -2.20. The van der Waals surface area contributed by atoms with Crippen LogP contribution in [0.4, 0.5) is 0 Å². The molecule has 1 aromatic carbocycles. The van der Waals surface area contributed by atoms with Crippen LogP contribution in [0.5, 0.6) is 0 Å². The lowest BCUT2D eigenvalue weighted by atomic mass is 9.88. The summed E-state index contributed by atoms with van der Waals surface area (Å²) in [6.45, 7) is 6.47. The third kappa shape index (κ3) is 2.10. The van der Waals surface area contributed by atoms with Gasteiger partial charge in [0.1, 0.15) is 0 Å². The van der Waals surface area contributed by atoms with Crippen molar-refractivity contribution in [3.05, 3.63) is 35.9 Å². The summed E-state index contributed by atoms with van der Waals surface area (Å²) in [7, 11) is 0. The summed E-state index contributed by atoms with van der Waals surface area (Å²) in [5.41, 5.74) is 0.969. The number of Topliss-reactive ketones (excluding diaryl/α,β-unsaturated/α-hetero) is 1. The summed E-state index contributed by atoms with van der Waals surface area (Å²) >= 11 is 0. The van der Waals surface area contributed by atoms with Gasteiger partial charge in [0.2, 0.25) is 0 Å². The molecule has 1 heterocycles. The second-order valence-corrected chi connectivity index (χ2v) is 5.22. The topological polar surface area (TPSA) is 39.0 Å². The third-order valence-electron chi connectivity index (χ3n) is 2.86. The predicted octanol–water partition coefficient (Wildman–Crippen LogP) is 2.26. The molecule has 0 spiro atoms. The van der Waals surface area contributed by atoms with Crippen molar-refractivity contribution in [2.24, 2.45) is 5.41 Å². The van der Waals surface area contributed by atoms with Gasteiger partial charge < -0.3 is 5.32 Å². The molecule has 2 nitrogen and oxygen atoms in total. The summed E-state index contributed by atoms with van der Waals surface area (Å²) in [5, 5.41) is 3.26. The Bertz CT molecular complexity index is 364. The average molecular weight is 203 g/mol. The molecule has 0 aromatic heterocycles. The van der Waals surface area contributed by atoms with Crippen molar-refractivity contribution in [1.29, 1.82) is 0 Å². The SMILES string of the molecule is CC(C)(C)[C@@H]1N[C@H]1C(=O)c1ccccc1. The van der Waals surface area contributed by atoms with Gasteiger partial charge >= 0.3 is 0 Å². The minimum Gasteiger partial charge on any atom is -0.300 e. The number of carbonyl (C=O) groups is 1. The van der Waals surface area contributed by atoms with Gasteiger partial charge in [-0.2, -0.15) is 0 Å². The van der Waals surface area contributed by atoms with Crippen molar-refractivity contribution < 1.29 is 4.79 Å². The first-order valence-corrected chi connectivity index (χ1v) is 5.35. The number of benzene rings is 1. The molecule has 1 aliphatic heterocycles. The van der Waals surface area contributed by atoms with Gasteiger partial charge in [0.05, 0.1) is 6.04 Å². The van der Waals surface area contributed by atoms with Crippen LogP contribution in [0, 0.1) is 5.41 Å². The summed E-state index contributed by atoms with van der Waals surface area (Å²) in [6.07, 6.45) is 0. The standard InChI is InChI=1S/C13H17NO/c1-13(2,3)12-10(14-12)11(15)9-7-5-4-6-8-9/h4-8,10,12,14H,1-3H3/t10-,12+/m0/s1. The molecule has 1 aromatic rings. The second kappa shape index (κ2) is 3.46. The molecule has 15 heavy (non-hydrogen) atoms. The lowest BCUT2D eigenvalue weighted by Gasteiger charge is -2.15. The van der Waals surface area contributed by atoms with Crippen LogP contribution < -0.4 is 5.32 Å². The van der Waals surface area contributed by atoms with Gasteiger partial charge in [0.25, 0.3) is 0 Å². The molecule has 0 aliphatic carbocycles. The Hall–Kier alpha value is -1.15. The van der Waals surface area contributed by atoms with Crippen molar-refractivity contribution in [2.75, 3.05) is 0 Å². The molecular weight excluding hydrogens is 186 g/mol. The Morgan fingerprint density at radius 3 is 2.27 bits per heavy atom. The summed E-state index contributed by atoms with van der Waals surface area (Å²) in [5.74, 6) is 0.218. The zero-order valence-corrected chi connectivity index (χ0v) is 9.45. The Morgan fingerprint density at radius 2 is 1.80 bits per heavy atom. The van der Waals surface area contributed by atoms with Crippen LogP contribution in [0.1, 0.15) is 31.1 Å². The highest BCUT2D eigenvalue weighted by atomic mass is 16.1. The number of rotatable bonds is 2. The predicted molar refractivity (Wildman–Crippen MR) is 60.9 cm³/mol. The van der Waals surface area contributed by atoms with Crippen LogP contribution >= 0.6 is 0 Å². The number of nitrogens with one attached hydrogen (secondary N) is 1. The van der Waals surface area contributed by atoms with Crippen LogP contribution in [-0.4, -0.2) is 17.9 Å². The Labute approximate surface area is 90.7 Å². The van der Waals surface area contributed by atoms with E-state index < -0.39 is 0 Å². The average Bonchev–Trinajstić information content (AvgIpc) is 2.97. The van der Waals surface area contributed by atoms with Crippen LogP contribution in [0.25, 0.3) is 0 Å². The number of hydrogen-bond acceptors (Lipinski definition) is 2. The van der Waals surface area contributed by atoms with Gasteiger partial charge in [-0.1, -0.05) is 51.1 Å².